The van der Waals surface area contributed by atoms with Crippen LogP contribution in [0.4, 0.5) is 0 Å². The summed E-state index contributed by atoms with van der Waals surface area (Å²) < 4.78 is 0. The van der Waals surface area contributed by atoms with Crippen molar-refractivity contribution in [2.24, 2.45) is 0 Å². The number of nitrogens with one attached hydrogen (secondary N) is 2. The van der Waals surface area contributed by atoms with Crippen LogP contribution in [0.15, 0.2) is 42.5 Å². The van der Waals surface area contributed by atoms with Crippen LogP contribution in [0.2, 0.25) is 5.02 Å². The fourth-order valence-electron chi connectivity index (χ4n) is 2.19. The molecule has 0 atom stereocenters. The zero-order valence-electron chi connectivity index (χ0n) is 11.5. The maximum atomic E-state index is 12.2. The third kappa shape index (κ3) is 3.06. The molecule has 2 N–H and O–H groups in total. The molecule has 1 aromatic carbocycles. The highest BCUT2D eigenvalue weighted by molar-refractivity contribution is 6.31. The van der Waals surface area contributed by atoms with Crippen LogP contribution in [0.5, 0.6) is 0 Å². The lowest BCUT2D eigenvalue weighted by atomic mass is 10.2. The van der Waals surface area contributed by atoms with Gasteiger partial charge in [0.2, 0.25) is 0 Å². The summed E-state index contributed by atoms with van der Waals surface area (Å²) in [5.74, 6) is -0.161. The highest BCUT2D eigenvalue weighted by atomic mass is 35.5. The van der Waals surface area contributed by atoms with Crippen molar-refractivity contribution >= 4 is 28.4 Å². The average molecular weight is 300 g/mol. The Bertz CT molecular complexity index is 810. The SMILES string of the molecule is Cc1cccc(CNC(=O)c2cc3ccc(Cl)cc3[nH]2)n1. The van der Waals surface area contributed by atoms with Crippen molar-refractivity contribution in [2.75, 3.05) is 0 Å². The number of hydrogen-bond acceptors (Lipinski definition) is 2. The molecule has 2 aromatic heterocycles. The Labute approximate surface area is 127 Å². The van der Waals surface area contributed by atoms with E-state index in [1.165, 1.54) is 0 Å². The van der Waals surface area contributed by atoms with Gasteiger partial charge in [0.1, 0.15) is 5.69 Å². The van der Waals surface area contributed by atoms with Crippen LogP contribution < -0.4 is 5.32 Å². The van der Waals surface area contributed by atoms with Crippen LogP contribution in [0.1, 0.15) is 21.9 Å². The topological polar surface area (TPSA) is 57.8 Å². The number of aryl methyl sites for hydroxylation is 1. The summed E-state index contributed by atoms with van der Waals surface area (Å²) in [5, 5.41) is 4.45. The standard InChI is InChI=1S/C16H14ClN3O/c1-10-3-2-4-13(19-10)9-18-16(21)15-7-11-5-6-12(17)8-14(11)20-15/h2-8,20H,9H2,1H3,(H,18,21). The van der Waals surface area contributed by atoms with Crippen molar-refractivity contribution in [1.82, 2.24) is 15.3 Å². The second-order valence-corrected chi connectivity index (χ2v) is 5.30. The third-order valence-corrected chi connectivity index (χ3v) is 3.44. The number of halogens is 1. The predicted molar refractivity (Wildman–Crippen MR) is 83.5 cm³/mol. The number of carbonyl (C=O) groups is 1. The summed E-state index contributed by atoms with van der Waals surface area (Å²) in [5.41, 5.74) is 3.13. The molecule has 0 saturated heterocycles. The number of benzene rings is 1. The number of rotatable bonds is 3. The number of amides is 1. The number of aromatic amines is 1. The van der Waals surface area contributed by atoms with Crippen LogP contribution in [-0.2, 0) is 6.54 Å². The summed E-state index contributed by atoms with van der Waals surface area (Å²) in [6.45, 7) is 2.32. The molecule has 0 saturated carbocycles. The van der Waals surface area contributed by atoms with Gasteiger partial charge < -0.3 is 10.3 Å². The van der Waals surface area contributed by atoms with Crippen LogP contribution in [0, 0.1) is 6.92 Å². The van der Waals surface area contributed by atoms with Crippen LogP contribution in [0.3, 0.4) is 0 Å². The Kier molecular flexibility index (Phi) is 3.62. The quantitative estimate of drug-likeness (QED) is 0.778. The van der Waals surface area contributed by atoms with Crippen molar-refractivity contribution in [3.8, 4) is 0 Å². The van der Waals surface area contributed by atoms with Crippen molar-refractivity contribution < 1.29 is 4.79 Å². The van der Waals surface area contributed by atoms with Gasteiger partial charge in [0.15, 0.2) is 0 Å². The molecule has 0 aliphatic heterocycles. The van der Waals surface area contributed by atoms with E-state index in [1.54, 1.807) is 12.1 Å². The number of carbonyl (C=O) groups excluding carboxylic acids is 1. The maximum Gasteiger partial charge on any atom is 0.268 e. The van der Waals surface area contributed by atoms with E-state index in [0.717, 1.165) is 22.3 Å². The summed E-state index contributed by atoms with van der Waals surface area (Å²) in [4.78, 5) is 19.6. The lowest BCUT2D eigenvalue weighted by Gasteiger charge is -2.04. The fourth-order valence-corrected chi connectivity index (χ4v) is 2.36. The Morgan fingerprint density at radius 3 is 2.95 bits per heavy atom. The Morgan fingerprint density at radius 2 is 2.14 bits per heavy atom. The predicted octanol–water partition coefficient (Wildman–Crippen LogP) is 3.45. The van der Waals surface area contributed by atoms with E-state index < -0.39 is 0 Å². The van der Waals surface area contributed by atoms with Crippen molar-refractivity contribution in [3.63, 3.8) is 0 Å². The molecule has 3 rings (SSSR count). The maximum absolute atomic E-state index is 12.2. The van der Waals surface area contributed by atoms with Gasteiger partial charge in [-0.05, 0) is 37.3 Å². The minimum Gasteiger partial charge on any atom is -0.350 e. The van der Waals surface area contributed by atoms with Gasteiger partial charge in [-0.1, -0.05) is 23.7 Å². The highest BCUT2D eigenvalue weighted by Gasteiger charge is 2.09. The second-order valence-electron chi connectivity index (χ2n) is 4.87. The van der Waals surface area contributed by atoms with Crippen LogP contribution in [-0.4, -0.2) is 15.9 Å². The molecule has 2 heterocycles. The molecule has 0 radical (unpaired) electrons. The summed E-state index contributed by atoms with van der Waals surface area (Å²) in [7, 11) is 0. The molecule has 1 amide bonds. The van der Waals surface area contributed by atoms with E-state index in [-0.39, 0.29) is 5.91 Å². The third-order valence-electron chi connectivity index (χ3n) is 3.21. The summed E-state index contributed by atoms with van der Waals surface area (Å²) in [6, 6.07) is 13.0. The zero-order valence-corrected chi connectivity index (χ0v) is 12.2. The molecule has 3 aromatic rings. The van der Waals surface area contributed by atoms with Crippen LogP contribution in [0.25, 0.3) is 10.9 Å². The normalized spacial score (nSPS) is 10.8. The van der Waals surface area contributed by atoms with Gasteiger partial charge in [-0.25, -0.2) is 0 Å². The van der Waals surface area contributed by atoms with Gasteiger partial charge in [0, 0.05) is 21.6 Å². The van der Waals surface area contributed by atoms with Gasteiger partial charge >= 0.3 is 0 Å². The average Bonchev–Trinajstić information content (AvgIpc) is 2.88. The molecule has 4 nitrogen and oxygen atoms in total. The van der Waals surface area contributed by atoms with Crippen LogP contribution >= 0.6 is 11.6 Å². The molecule has 0 bridgehead atoms. The number of aromatic nitrogens is 2. The lowest BCUT2D eigenvalue weighted by Crippen LogP contribution is -2.23. The Morgan fingerprint density at radius 1 is 1.29 bits per heavy atom. The first kappa shape index (κ1) is 13.6. The number of pyridine rings is 1. The largest absolute Gasteiger partial charge is 0.350 e. The van der Waals surface area contributed by atoms with E-state index >= 15 is 0 Å². The first-order chi connectivity index (χ1) is 10.1. The smallest absolute Gasteiger partial charge is 0.268 e. The zero-order chi connectivity index (χ0) is 14.8. The van der Waals surface area contributed by atoms with Crippen molar-refractivity contribution in [1.29, 1.82) is 0 Å². The van der Waals surface area contributed by atoms with E-state index in [9.17, 15) is 4.79 Å². The monoisotopic (exact) mass is 299 g/mol. The fraction of sp³-hybridized carbons (Fsp3) is 0.125. The molecule has 106 valence electrons. The number of fused-ring (bicyclic) bond motifs is 1. The van der Waals surface area contributed by atoms with E-state index in [2.05, 4.69) is 15.3 Å². The molecule has 0 fully saturated rings. The Balaban J connectivity index is 1.74. The molecular formula is C16H14ClN3O. The van der Waals surface area contributed by atoms with E-state index in [1.807, 2.05) is 37.3 Å². The second kappa shape index (κ2) is 5.58. The van der Waals surface area contributed by atoms with Gasteiger partial charge in [-0.3, -0.25) is 9.78 Å². The molecule has 21 heavy (non-hydrogen) atoms. The summed E-state index contributed by atoms with van der Waals surface area (Å²) >= 11 is 5.93. The summed E-state index contributed by atoms with van der Waals surface area (Å²) in [6.07, 6.45) is 0. The van der Waals surface area contributed by atoms with Gasteiger partial charge in [-0.15, -0.1) is 0 Å². The minimum absolute atomic E-state index is 0.161. The molecular weight excluding hydrogens is 286 g/mol. The molecule has 0 aliphatic rings. The highest BCUT2D eigenvalue weighted by Crippen LogP contribution is 2.19. The van der Waals surface area contributed by atoms with Gasteiger partial charge in [0.05, 0.1) is 12.2 Å². The van der Waals surface area contributed by atoms with Crippen molar-refractivity contribution in [2.45, 2.75) is 13.5 Å². The minimum atomic E-state index is -0.161. The van der Waals surface area contributed by atoms with E-state index in [0.29, 0.717) is 17.3 Å². The molecule has 0 unspecified atom stereocenters. The molecule has 0 spiro atoms. The molecule has 0 aliphatic carbocycles. The number of nitrogens with zero attached hydrogens (tertiary/aromatic N) is 1. The van der Waals surface area contributed by atoms with Crippen molar-refractivity contribution in [3.05, 3.63) is 64.6 Å². The Hall–Kier alpha value is -2.33. The first-order valence-electron chi connectivity index (χ1n) is 6.61. The lowest BCUT2D eigenvalue weighted by molar-refractivity contribution is 0.0946. The van der Waals surface area contributed by atoms with Gasteiger partial charge in [-0.2, -0.15) is 0 Å². The first-order valence-corrected chi connectivity index (χ1v) is 6.98. The van der Waals surface area contributed by atoms with E-state index in [4.69, 9.17) is 11.6 Å². The number of hydrogen-bond donors (Lipinski definition) is 2. The number of H-pyrrole nitrogens is 1. The molecule has 5 heteroatoms. The van der Waals surface area contributed by atoms with Gasteiger partial charge in [0.25, 0.3) is 5.91 Å².